The molecule has 0 aliphatic heterocycles. The van der Waals surface area contributed by atoms with Crippen LogP contribution in [0.4, 0.5) is 4.79 Å². The zero-order chi connectivity index (χ0) is 17.8. The van der Waals surface area contributed by atoms with E-state index < -0.39 is 12.3 Å². The van der Waals surface area contributed by atoms with E-state index in [4.69, 9.17) is 9.47 Å². The molecule has 0 spiro atoms. The molecular formula is C21H30O4. The number of ether oxygens (including phenoxy) is 2. The highest BCUT2D eigenvalue weighted by Crippen LogP contribution is 2.65. The van der Waals surface area contributed by atoms with E-state index in [1.54, 1.807) is 0 Å². The Kier molecular flexibility index (Phi) is 4.02. The highest BCUT2D eigenvalue weighted by molar-refractivity contribution is 5.60. The zero-order valence-corrected chi connectivity index (χ0v) is 15.5. The molecule has 4 nitrogen and oxygen atoms in total. The Labute approximate surface area is 150 Å². The van der Waals surface area contributed by atoms with Crippen molar-refractivity contribution in [1.29, 1.82) is 0 Å². The molecule has 1 N–H and O–H groups in total. The van der Waals surface area contributed by atoms with E-state index in [1.165, 1.54) is 19.1 Å². The molecule has 0 amide bonds. The molecule has 0 saturated heterocycles. The highest BCUT2D eigenvalue weighted by Gasteiger charge is 2.59. The Hall–Kier alpha value is -1.29. The van der Waals surface area contributed by atoms with Gasteiger partial charge in [0.2, 0.25) is 0 Å². The quantitative estimate of drug-likeness (QED) is 0.570. The second kappa shape index (κ2) is 5.87. The summed E-state index contributed by atoms with van der Waals surface area (Å²) in [6.45, 7) is 4.68. The van der Waals surface area contributed by atoms with Crippen molar-refractivity contribution in [1.82, 2.24) is 0 Å². The molecule has 4 aliphatic carbocycles. The molecule has 0 aromatic rings. The largest absolute Gasteiger partial charge is 0.508 e. The summed E-state index contributed by atoms with van der Waals surface area (Å²) in [4.78, 5) is 11.7. The van der Waals surface area contributed by atoms with Crippen LogP contribution >= 0.6 is 0 Å². The third-order valence-corrected chi connectivity index (χ3v) is 7.98. The first kappa shape index (κ1) is 17.1. The van der Waals surface area contributed by atoms with Gasteiger partial charge in [0.05, 0.1) is 13.2 Å². The predicted molar refractivity (Wildman–Crippen MR) is 94.9 cm³/mol. The zero-order valence-electron chi connectivity index (χ0n) is 15.5. The molecule has 4 rings (SSSR count). The maximum atomic E-state index is 11.7. The number of rotatable bonds is 1. The summed E-state index contributed by atoms with van der Waals surface area (Å²) < 4.78 is 10.4. The average molecular weight is 346 g/mol. The van der Waals surface area contributed by atoms with Crippen LogP contribution in [0, 0.1) is 28.6 Å². The summed E-state index contributed by atoms with van der Waals surface area (Å²) >= 11 is 0. The molecule has 7 atom stereocenters. The van der Waals surface area contributed by atoms with Crippen molar-refractivity contribution in [3.8, 4) is 0 Å². The topological polar surface area (TPSA) is 55.8 Å². The number of hydrogen-bond acceptors (Lipinski definition) is 4. The van der Waals surface area contributed by atoms with Gasteiger partial charge in [-0.05, 0) is 56.3 Å². The van der Waals surface area contributed by atoms with Gasteiger partial charge in [0.15, 0.2) is 0 Å². The van der Waals surface area contributed by atoms with Gasteiger partial charge in [-0.25, -0.2) is 4.79 Å². The molecule has 0 aromatic heterocycles. The van der Waals surface area contributed by atoms with Gasteiger partial charge < -0.3 is 14.6 Å². The molecule has 0 heterocycles. The summed E-state index contributed by atoms with van der Waals surface area (Å²) in [6, 6.07) is 0. The number of allylic oxidation sites excluding steroid dienone is 2. The van der Waals surface area contributed by atoms with Crippen LogP contribution in [0.15, 0.2) is 23.8 Å². The maximum Gasteiger partial charge on any atom is 0.508 e. The summed E-state index contributed by atoms with van der Waals surface area (Å²) in [5.41, 5.74) is 1.59. The lowest BCUT2D eigenvalue weighted by molar-refractivity contribution is -0.0762. The predicted octanol–water partition coefficient (Wildman–Crippen LogP) is 4.24. The lowest BCUT2D eigenvalue weighted by Gasteiger charge is -2.56. The Morgan fingerprint density at radius 3 is 2.76 bits per heavy atom. The van der Waals surface area contributed by atoms with E-state index in [1.807, 2.05) is 6.08 Å². The first-order chi connectivity index (χ1) is 11.9. The van der Waals surface area contributed by atoms with Gasteiger partial charge in [0.1, 0.15) is 6.10 Å². The molecule has 3 saturated carbocycles. The summed E-state index contributed by atoms with van der Waals surface area (Å²) in [5.74, 6) is 1.91. The van der Waals surface area contributed by atoms with Gasteiger partial charge in [0, 0.05) is 10.8 Å². The van der Waals surface area contributed by atoms with Crippen LogP contribution in [0.3, 0.4) is 0 Å². The van der Waals surface area contributed by atoms with Crippen LogP contribution in [0.1, 0.15) is 52.4 Å². The average Bonchev–Trinajstić information content (AvgIpc) is 2.92. The SMILES string of the molecule is COC(=O)O[C@H]1CC[C@H]2[C@@H]3CCC4=C[C@@H](O)C=C[C@]4(C)[C@H]3CC[C@]12C. The fraction of sp³-hybridized carbons (Fsp3) is 0.762. The van der Waals surface area contributed by atoms with Gasteiger partial charge in [0.25, 0.3) is 0 Å². The molecule has 0 radical (unpaired) electrons. The molecule has 4 heteroatoms. The normalized spacial score (nSPS) is 48.0. The smallest absolute Gasteiger partial charge is 0.438 e. The van der Waals surface area contributed by atoms with Gasteiger partial charge in [-0.15, -0.1) is 0 Å². The fourth-order valence-corrected chi connectivity index (χ4v) is 6.63. The second-order valence-corrected chi connectivity index (χ2v) is 8.92. The minimum Gasteiger partial charge on any atom is -0.438 e. The van der Waals surface area contributed by atoms with Crippen molar-refractivity contribution in [3.05, 3.63) is 23.8 Å². The number of methoxy groups -OCH3 is 1. The molecule has 0 bridgehead atoms. The number of aliphatic hydroxyl groups excluding tert-OH is 1. The number of aliphatic hydroxyl groups is 1. The number of carbonyl (C=O) groups is 1. The third-order valence-electron chi connectivity index (χ3n) is 7.98. The van der Waals surface area contributed by atoms with Crippen LogP contribution in [0.2, 0.25) is 0 Å². The van der Waals surface area contributed by atoms with Crippen molar-refractivity contribution in [2.45, 2.75) is 64.6 Å². The van der Waals surface area contributed by atoms with Crippen molar-refractivity contribution >= 4 is 6.16 Å². The van der Waals surface area contributed by atoms with E-state index in [2.05, 4.69) is 26.0 Å². The monoisotopic (exact) mass is 346 g/mol. The number of fused-ring (bicyclic) bond motifs is 5. The first-order valence-electron chi connectivity index (χ1n) is 9.71. The summed E-state index contributed by atoms with van der Waals surface area (Å²) in [5, 5.41) is 9.97. The molecule has 0 unspecified atom stereocenters. The Morgan fingerprint density at radius 2 is 2.00 bits per heavy atom. The molecule has 0 aromatic carbocycles. The van der Waals surface area contributed by atoms with Crippen LogP contribution in [-0.4, -0.2) is 30.6 Å². The fourth-order valence-electron chi connectivity index (χ4n) is 6.63. The number of hydrogen-bond donors (Lipinski definition) is 1. The minimum atomic E-state index is -0.543. The van der Waals surface area contributed by atoms with Gasteiger partial charge >= 0.3 is 6.16 Å². The van der Waals surface area contributed by atoms with E-state index in [-0.39, 0.29) is 16.9 Å². The molecule has 138 valence electrons. The number of carbonyl (C=O) groups excluding carboxylic acids is 1. The maximum absolute atomic E-state index is 11.7. The first-order valence-corrected chi connectivity index (χ1v) is 9.71. The van der Waals surface area contributed by atoms with Crippen molar-refractivity contribution < 1.29 is 19.4 Å². The van der Waals surface area contributed by atoms with Crippen molar-refractivity contribution in [2.75, 3.05) is 7.11 Å². The van der Waals surface area contributed by atoms with Crippen molar-refractivity contribution in [3.63, 3.8) is 0 Å². The van der Waals surface area contributed by atoms with Crippen LogP contribution in [-0.2, 0) is 9.47 Å². The summed E-state index contributed by atoms with van der Waals surface area (Å²) in [7, 11) is 1.38. The Bertz CT molecular complexity index is 623. The molecule has 4 aliphatic rings. The van der Waals surface area contributed by atoms with E-state index in [0.717, 1.165) is 32.1 Å². The summed E-state index contributed by atoms with van der Waals surface area (Å²) in [6.07, 6.45) is 11.9. The van der Waals surface area contributed by atoms with Gasteiger partial charge in [-0.2, -0.15) is 0 Å². The van der Waals surface area contributed by atoms with Crippen LogP contribution in [0.5, 0.6) is 0 Å². The third kappa shape index (κ3) is 2.48. The second-order valence-electron chi connectivity index (χ2n) is 8.92. The van der Waals surface area contributed by atoms with E-state index >= 15 is 0 Å². The molecule has 25 heavy (non-hydrogen) atoms. The Balaban J connectivity index is 1.59. The van der Waals surface area contributed by atoms with E-state index in [0.29, 0.717) is 17.8 Å². The lowest BCUT2D eigenvalue weighted by atomic mass is 9.48. The highest BCUT2D eigenvalue weighted by atomic mass is 16.7. The lowest BCUT2D eigenvalue weighted by Crippen LogP contribution is -2.51. The standard InChI is InChI=1S/C21H30O4/c1-20-10-8-14(22)12-13(20)4-5-15-16-6-7-18(25-19(23)24-3)21(16,2)11-9-17(15)20/h8,10,12,14-18,22H,4-7,9,11H2,1-3H3/t14-,15-,16-,17-,18-,20-,21-/m0/s1. The van der Waals surface area contributed by atoms with Gasteiger partial charge in [-0.1, -0.05) is 37.6 Å². The van der Waals surface area contributed by atoms with Gasteiger partial charge in [-0.3, -0.25) is 0 Å². The van der Waals surface area contributed by atoms with Crippen molar-refractivity contribution in [2.24, 2.45) is 28.6 Å². The Morgan fingerprint density at radius 1 is 1.20 bits per heavy atom. The minimum absolute atomic E-state index is 0.0145. The molecule has 3 fully saturated rings. The molecular weight excluding hydrogens is 316 g/mol. The van der Waals surface area contributed by atoms with Crippen LogP contribution < -0.4 is 0 Å². The van der Waals surface area contributed by atoms with Crippen LogP contribution in [0.25, 0.3) is 0 Å². The van der Waals surface area contributed by atoms with E-state index in [9.17, 15) is 9.90 Å².